The maximum atomic E-state index is 12.3. The molecule has 1 N–H and O–H groups in total. The number of rotatable bonds is 5. The molecule has 1 heterocycles. The molecule has 0 aliphatic heterocycles. The number of nitrogens with zero attached hydrogens (tertiary/aromatic N) is 1. The van der Waals surface area contributed by atoms with Gasteiger partial charge in [-0.25, -0.2) is 8.42 Å². The zero-order valence-electron chi connectivity index (χ0n) is 12.4. The summed E-state index contributed by atoms with van der Waals surface area (Å²) in [5.74, 6) is 0. The molecule has 0 saturated heterocycles. The molecule has 5 heteroatoms. The molecule has 0 aliphatic rings. The summed E-state index contributed by atoms with van der Waals surface area (Å²) in [7, 11) is -3.54. The molecule has 0 atom stereocenters. The van der Waals surface area contributed by atoms with Gasteiger partial charge in [0.1, 0.15) is 0 Å². The fraction of sp³-hybridized carbons (Fsp3) is 0.0556. The van der Waals surface area contributed by atoms with Crippen LogP contribution in [0.1, 0.15) is 11.1 Å². The number of anilines is 1. The lowest BCUT2D eigenvalue weighted by atomic mass is 10.1. The van der Waals surface area contributed by atoms with E-state index in [9.17, 15) is 8.42 Å². The van der Waals surface area contributed by atoms with Crippen LogP contribution in [0.3, 0.4) is 0 Å². The van der Waals surface area contributed by atoms with Gasteiger partial charge < -0.3 is 0 Å². The lowest BCUT2D eigenvalue weighted by Gasteiger charge is -2.09. The normalized spacial score (nSPS) is 11.1. The van der Waals surface area contributed by atoms with Crippen LogP contribution in [0.15, 0.2) is 84.0 Å². The van der Waals surface area contributed by atoms with Gasteiger partial charge in [-0.3, -0.25) is 9.71 Å². The standard InChI is InChI=1S/C18H16N2O2S/c21-23(22,18-4-2-1-3-5-18)20-17-8-6-15(7-9-17)14-16-10-12-19-13-11-16/h1-13,20H,14H2. The maximum Gasteiger partial charge on any atom is 0.261 e. The third kappa shape index (κ3) is 3.96. The average Bonchev–Trinajstić information content (AvgIpc) is 2.58. The molecule has 23 heavy (non-hydrogen) atoms. The fourth-order valence-electron chi connectivity index (χ4n) is 2.24. The molecule has 116 valence electrons. The quantitative estimate of drug-likeness (QED) is 0.782. The Hall–Kier alpha value is -2.66. The molecule has 2 aromatic carbocycles. The number of pyridine rings is 1. The second-order valence-electron chi connectivity index (χ2n) is 5.15. The Morgan fingerprint density at radius 3 is 2.04 bits per heavy atom. The highest BCUT2D eigenvalue weighted by Gasteiger charge is 2.13. The molecule has 0 fully saturated rings. The van der Waals surface area contributed by atoms with Crippen molar-refractivity contribution < 1.29 is 8.42 Å². The Bertz CT molecular complexity index is 862. The number of sulfonamides is 1. The molecule has 0 aliphatic carbocycles. The highest BCUT2D eigenvalue weighted by molar-refractivity contribution is 7.92. The highest BCUT2D eigenvalue weighted by atomic mass is 32.2. The van der Waals surface area contributed by atoms with E-state index in [-0.39, 0.29) is 4.90 Å². The van der Waals surface area contributed by atoms with Crippen LogP contribution in [0, 0.1) is 0 Å². The maximum absolute atomic E-state index is 12.3. The van der Waals surface area contributed by atoms with Crippen LogP contribution in [-0.2, 0) is 16.4 Å². The van der Waals surface area contributed by atoms with Crippen molar-refractivity contribution in [1.29, 1.82) is 0 Å². The Morgan fingerprint density at radius 2 is 1.39 bits per heavy atom. The second-order valence-corrected chi connectivity index (χ2v) is 6.83. The number of aromatic nitrogens is 1. The first-order valence-corrected chi connectivity index (χ1v) is 8.67. The van der Waals surface area contributed by atoms with Gasteiger partial charge in [-0.2, -0.15) is 0 Å². The summed E-state index contributed by atoms with van der Waals surface area (Å²) in [5, 5.41) is 0. The first-order chi connectivity index (χ1) is 11.1. The predicted octanol–water partition coefficient (Wildman–Crippen LogP) is 3.47. The van der Waals surface area contributed by atoms with Crippen molar-refractivity contribution in [3.63, 3.8) is 0 Å². The average molecular weight is 324 g/mol. The molecule has 0 spiro atoms. The van der Waals surface area contributed by atoms with Gasteiger partial charge in [0.2, 0.25) is 0 Å². The SMILES string of the molecule is O=S(=O)(Nc1ccc(Cc2ccncc2)cc1)c1ccccc1. The van der Waals surface area contributed by atoms with Gasteiger partial charge in [0.25, 0.3) is 10.0 Å². The summed E-state index contributed by atoms with van der Waals surface area (Å²) >= 11 is 0. The molecule has 0 radical (unpaired) electrons. The highest BCUT2D eigenvalue weighted by Crippen LogP contribution is 2.17. The number of nitrogens with one attached hydrogen (secondary N) is 1. The molecular formula is C18H16N2O2S. The molecule has 1 aromatic heterocycles. The van der Waals surface area contributed by atoms with E-state index in [1.54, 1.807) is 54.9 Å². The van der Waals surface area contributed by atoms with Crippen molar-refractivity contribution in [3.8, 4) is 0 Å². The van der Waals surface area contributed by atoms with E-state index < -0.39 is 10.0 Å². The molecule has 0 unspecified atom stereocenters. The molecule has 0 saturated carbocycles. The fourth-order valence-corrected chi connectivity index (χ4v) is 3.32. The van der Waals surface area contributed by atoms with Crippen LogP contribution in [0.4, 0.5) is 5.69 Å². The van der Waals surface area contributed by atoms with E-state index in [1.165, 1.54) is 0 Å². The van der Waals surface area contributed by atoms with Gasteiger partial charge in [0.15, 0.2) is 0 Å². The zero-order valence-corrected chi connectivity index (χ0v) is 13.2. The van der Waals surface area contributed by atoms with Crippen molar-refractivity contribution in [1.82, 2.24) is 4.98 Å². The van der Waals surface area contributed by atoms with Crippen LogP contribution >= 0.6 is 0 Å². The zero-order chi connectivity index (χ0) is 16.1. The second kappa shape index (κ2) is 6.62. The third-order valence-electron chi connectivity index (χ3n) is 3.42. The van der Waals surface area contributed by atoms with Crippen molar-refractivity contribution in [2.75, 3.05) is 4.72 Å². The van der Waals surface area contributed by atoms with Crippen LogP contribution in [0.2, 0.25) is 0 Å². The molecule has 3 aromatic rings. The minimum absolute atomic E-state index is 0.251. The van der Waals surface area contributed by atoms with Gasteiger partial charge >= 0.3 is 0 Å². The summed E-state index contributed by atoms with van der Waals surface area (Å²) in [4.78, 5) is 4.24. The molecule has 4 nitrogen and oxygen atoms in total. The van der Waals surface area contributed by atoms with E-state index in [0.29, 0.717) is 5.69 Å². The number of hydrogen-bond donors (Lipinski definition) is 1. The number of benzene rings is 2. The third-order valence-corrected chi connectivity index (χ3v) is 4.81. The summed E-state index contributed by atoms with van der Waals surface area (Å²) in [6, 6.07) is 19.6. The number of hydrogen-bond acceptors (Lipinski definition) is 3. The van der Waals surface area contributed by atoms with Gasteiger partial charge in [-0.05, 0) is 53.9 Å². The lowest BCUT2D eigenvalue weighted by Crippen LogP contribution is -2.12. The van der Waals surface area contributed by atoms with Crippen LogP contribution < -0.4 is 4.72 Å². The first kappa shape index (κ1) is 15.2. The molecular weight excluding hydrogens is 308 g/mol. The van der Waals surface area contributed by atoms with Gasteiger partial charge in [0, 0.05) is 18.1 Å². The molecule has 0 bridgehead atoms. The minimum atomic E-state index is -3.54. The van der Waals surface area contributed by atoms with Crippen LogP contribution in [0.5, 0.6) is 0 Å². The topological polar surface area (TPSA) is 59.1 Å². The molecule has 0 amide bonds. The van der Waals surface area contributed by atoms with E-state index in [1.807, 2.05) is 24.3 Å². The van der Waals surface area contributed by atoms with Crippen LogP contribution in [-0.4, -0.2) is 13.4 Å². The lowest BCUT2D eigenvalue weighted by molar-refractivity contribution is 0.601. The largest absolute Gasteiger partial charge is 0.280 e. The predicted molar refractivity (Wildman–Crippen MR) is 90.7 cm³/mol. The van der Waals surface area contributed by atoms with E-state index in [0.717, 1.165) is 17.5 Å². The van der Waals surface area contributed by atoms with E-state index in [4.69, 9.17) is 0 Å². The van der Waals surface area contributed by atoms with Gasteiger partial charge in [-0.1, -0.05) is 30.3 Å². The van der Waals surface area contributed by atoms with E-state index >= 15 is 0 Å². The summed E-state index contributed by atoms with van der Waals surface area (Å²) < 4.78 is 27.1. The van der Waals surface area contributed by atoms with E-state index in [2.05, 4.69) is 9.71 Å². The Morgan fingerprint density at radius 1 is 0.783 bits per heavy atom. The van der Waals surface area contributed by atoms with Gasteiger partial charge in [-0.15, -0.1) is 0 Å². The summed E-state index contributed by atoms with van der Waals surface area (Å²) in [6.07, 6.45) is 4.31. The summed E-state index contributed by atoms with van der Waals surface area (Å²) in [5.41, 5.74) is 2.82. The van der Waals surface area contributed by atoms with Crippen molar-refractivity contribution >= 4 is 15.7 Å². The van der Waals surface area contributed by atoms with Crippen molar-refractivity contribution in [2.45, 2.75) is 11.3 Å². The van der Waals surface area contributed by atoms with Crippen LogP contribution in [0.25, 0.3) is 0 Å². The Labute approximate surface area is 135 Å². The monoisotopic (exact) mass is 324 g/mol. The minimum Gasteiger partial charge on any atom is -0.280 e. The van der Waals surface area contributed by atoms with Crippen molar-refractivity contribution in [2.24, 2.45) is 0 Å². The van der Waals surface area contributed by atoms with Gasteiger partial charge in [0.05, 0.1) is 4.90 Å². The Balaban J connectivity index is 1.73. The van der Waals surface area contributed by atoms with Crippen molar-refractivity contribution in [3.05, 3.63) is 90.3 Å². The Kier molecular flexibility index (Phi) is 4.39. The first-order valence-electron chi connectivity index (χ1n) is 7.19. The summed E-state index contributed by atoms with van der Waals surface area (Å²) in [6.45, 7) is 0. The smallest absolute Gasteiger partial charge is 0.261 e. The molecule has 3 rings (SSSR count).